The van der Waals surface area contributed by atoms with Gasteiger partial charge in [-0.25, -0.2) is 4.79 Å². The molecule has 2 rings (SSSR count). The Morgan fingerprint density at radius 1 is 1.32 bits per heavy atom. The Balaban J connectivity index is 2.04. The average molecular weight is 262 g/mol. The van der Waals surface area contributed by atoms with E-state index in [0.717, 1.165) is 19.4 Å². The van der Waals surface area contributed by atoms with Crippen molar-refractivity contribution in [1.82, 2.24) is 10.6 Å². The number of carboxylic acid groups (broad SMARTS) is 1. The van der Waals surface area contributed by atoms with Gasteiger partial charge in [0, 0.05) is 6.54 Å². The summed E-state index contributed by atoms with van der Waals surface area (Å²) >= 11 is 0. The number of carboxylic acids is 1. The predicted octanol–water partition coefficient (Wildman–Crippen LogP) is 0.928. The van der Waals surface area contributed by atoms with Crippen LogP contribution >= 0.6 is 0 Å². The molecule has 3 N–H and O–H groups in total. The standard InChI is InChI=1S/C14H18N2O3/c17-13(11-7-4-8-15-9-11)16-12(14(18)19)10-5-2-1-3-6-10/h1-3,5-6,11-12,15H,4,7-9H2,(H,16,17)(H,18,19)/t11-,12+/m0/s1. The Morgan fingerprint density at radius 2 is 2.05 bits per heavy atom. The molecule has 0 aromatic heterocycles. The zero-order chi connectivity index (χ0) is 13.7. The molecule has 1 fully saturated rings. The quantitative estimate of drug-likeness (QED) is 0.754. The Kier molecular flexibility index (Phi) is 4.52. The lowest BCUT2D eigenvalue weighted by Crippen LogP contribution is -2.43. The summed E-state index contributed by atoms with van der Waals surface area (Å²) in [7, 11) is 0. The van der Waals surface area contributed by atoms with E-state index in [1.165, 1.54) is 0 Å². The molecular formula is C14H18N2O3. The molecule has 5 nitrogen and oxygen atoms in total. The third-order valence-electron chi connectivity index (χ3n) is 3.33. The van der Waals surface area contributed by atoms with Gasteiger partial charge in [0.05, 0.1) is 5.92 Å². The van der Waals surface area contributed by atoms with Crippen molar-refractivity contribution >= 4 is 11.9 Å². The van der Waals surface area contributed by atoms with E-state index in [9.17, 15) is 14.7 Å². The summed E-state index contributed by atoms with van der Waals surface area (Å²) in [6, 6.07) is 7.78. The van der Waals surface area contributed by atoms with Gasteiger partial charge in [-0.3, -0.25) is 4.79 Å². The maximum atomic E-state index is 12.1. The Morgan fingerprint density at radius 3 is 2.63 bits per heavy atom. The lowest BCUT2D eigenvalue weighted by atomic mass is 9.97. The van der Waals surface area contributed by atoms with Crippen LogP contribution < -0.4 is 10.6 Å². The highest BCUT2D eigenvalue weighted by molar-refractivity contribution is 5.86. The molecule has 1 saturated heterocycles. The summed E-state index contributed by atoms with van der Waals surface area (Å²) in [5.74, 6) is -1.37. The van der Waals surface area contributed by atoms with Gasteiger partial charge in [-0.05, 0) is 24.9 Å². The average Bonchev–Trinajstić information content (AvgIpc) is 2.46. The topological polar surface area (TPSA) is 78.4 Å². The minimum absolute atomic E-state index is 0.140. The second kappa shape index (κ2) is 6.33. The van der Waals surface area contributed by atoms with Crippen LogP contribution in [0.2, 0.25) is 0 Å². The van der Waals surface area contributed by atoms with Crippen molar-refractivity contribution in [3.05, 3.63) is 35.9 Å². The van der Waals surface area contributed by atoms with Crippen molar-refractivity contribution in [2.45, 2.75) is 18.9 Å². The van der Waals surface area contributed by atoms with Crippen molar-refractivity contribution in [2.75, 3.05) is 13.1 Å². The molecule has 0 spiro atoms. The SMILES string of the molecule is O=C(N[C@@H](C(=O)O)c1ccccc1)[C@H]1CCCNC1. The first-order valence-electron chi connectivity index (χ1n) is 6.47. The van der Waals surface area contributed by atoms with E-state index in [2.05, 4.69) is 10.6 Å². The third-order valence-corrected chi connectivity index (χ3v) is 3.33. The van der Waals surface area contributed by atoms with Gasteiger partial charge in [-0.15, -0.1) is 0 Å². The Hall–Kier alpha value is -1.88. The molecule has 1 aliphatic heterocycles. The fourth-order valence-corrected chi connectivity index (χ4v) is 2.27. The van der Waals surface area contributed by atoms with Crippen molar-refractivity contribution in [3.63, 3.8) is 0 Å². The second-order valence-electron chi connectivity index (χ2n) is 4.73. The van der Waals surface area contributed by atoms with Crippen molar-refractivity contribution in [2.24, 2.45) is 5.92 Å². The molecule has 5 heteroatoms. The molecule has 2 atom stereocenters. The number of aliphatic carboxylic acids is 1. The van der Waals surface area contributed by atoms with Gasteiger partial charge >= 0.3 is 5.97 Å². The van der Waals surface area contributed by atoms with Crippen molar-refractivity contribution in [1.29, 1.82) is 0 Å². The fourth-order valence-electron chi connectivity index (χ4n) is 2.27. The fraction of sp³-hybridized carbons (Fsp3) is 0.429. The van der Waals surface area contributed by atoms with Crippen LogP contribution in [0.25, 0.3) is 0 Å². The first-order valence-corrected chi connectivity index (χ1v) is 6.47. The first-order chi connectivity index (χ1) is 9.18. The van der Waals surface area contributed by atoms with Gasteiger partial charge in [0.15, 0.2) is 6.04 Å². The number of amides is 1. The molecule has 0 bridgehead atoms. The first kappa shape index (κ1) is 13.5. The maximum Gasteiger partial charge on any atom is 0.330 e. The van der Waals surface area contributed by atoms with E-state index in [-0.39, 0.29) is 11.8 Å². The van der Waals surface area contributed by atoms with Gasteiger partial charge in [-0.2, -0.15) is 0 Å². The minimum Gasteiger partial charge on any atom is -0.479 e. The summed E-state index contributed by atoms with van der Waals surface area (Å²) in [5.41, 5.74) is 0.590. The van der Waals surface area contributed by atoms with E-state index in [4.69, 9.17) is 0 Å². The zero-order valence-electron chi connectivity index (χ0n) is 10.6. The van der Waals surface area contributed by atoms with Crippen LogP contribution in [0, 0.1) is 5.92 Å². The van der Waals surface area contributed by atoms with Gasteiger partial charge in [0.2, 0.25) is 5.91 Å². The Bertz CT molecular complexity index is 441. The van der Waals surface area contributed by atoms with Gasteiger partial charge in [0.25, 0.3) is 0 Å². The molecule has 0 saturated carbocycles. The number of benzene rings is 1. The van der Waals surface area contributed by atoms with Crippen LogP contribution in [-0.4, -0.2) is 30.1 Å². The molecule has 0 radical (unpaired) electrons. The second-order valence-corrected chi connectivity index (χ2v) is 4.73. The van der Waals surface area contributed by atoms with E-state index in [1.54, 1.807) is 24.3 Å². The largest absolute Gasteiger partial charge is 0.479 e. The van der Waals surface area contributed by atoms with E-state index in [0.29, 0.717) is 12.1 Å². The van der Waals surface area contributed by atoms with Crippen LogP contribution in [0.4, 0.5) is 0 Å². The number of nitrogens with one attached hydrogen (secondary N) is 2. The molecule has 1 amide bonds. The van der Waals surface area contributed by atoms with Crippen LogP contribution in [0.1, 0.15) is 24.4 Å². The monoisotopic (exact) mass is 262 g/mol. The lowest BCUT2D eigenvalue weighted by molar-refractivity contribution is -0.142. The number of rotatable bonds is 4. The highest BCUT2D eigenvalue weighted by Crippen LogP contribution is 2.16. The molecule has 0 aliphatic carbocycles. The molecule has 19 heavy (non-hydrogen) atoms. The number of carbonyl (C=O) groups excluding carboxylic acids is 1. The number of hydrogen-bond donors (Lipinski definition) is 3. The normalized spacial score (nSPS) is 20.5. The summed E-state index contributed by atoms with van der Waals surface area (Å²) < 4.78 is 0. The van der Waals surface area contributed by atoms with Crippen LogP contribution in [0.3, 0.4) is 0 Å². The van der Waals surface area contributed by atoms with Crippen LogP contribution in [-0.2, 0) is 9.59 Å². The highest BCUT2D eigenvalue weighted by Gasteiger charge is 2.27. The summed E-state index contributed by atoms with van der Waals surface area (Å²) in [4.78, 5) is 23.4. The molecule has 1 aromatic rings. The van der Waals surface area contributed by atoms with E-state index >= 15 is 0 Å². The third kappa shape index (κ3) is 3.54. The highest BCUT2D eigenvalue weighted by atomic mass is 16.4. The Labute approximate surface area is 112 Å². The van der Waals surface area contributed by atoms with Crippen molar-refractivity contribution in [3.8, 4) is 0 Å². The van der Waals surface area contributed by atoms with Crippen molar-refractivity contribution < 1.29 is 14.7 Å². The summed E-state index contributed by atoms with van der Waals surface area (Å²) in [6.45, 7) is 1.54. The van der Waals surface area contributed by atoms with Crippen LogP contribution in [0.5, 0.6) is 0 Å². The van der Waals surface area contributed by atoms with E-state index in [1.807, 2.05) is 6.07 Å². The summed E-state index contributed by atoms with van der Waals surface area (Å²) in [6.07, 6.45) is 1.75. The van der Waals surface area contributed by atoms with Gasteiger partial charge in [-0.1, -0.05) is 30.3 Å². The smallest absolute Gasteiger partial charge is 0.330 e. The molecule has 1 heterocycles. The molecule has 1 aromatic carbocycles. The molecule has 102 valence electrons. The van der Waals surface area contributed by atoms with E-state index < -0.39 is 12.0 Å². The van der Waals surface area contributed by atoms with Gasteiger partial charge in [0.1, 0.15) is 0 Å². The summed E-state index contributed by atoms with van der Waals surface area (Å²) in [5, 5.41) is 15.0. The van der Waals surface area contributed by atoms with Gasteiger partial charge < -0.3 is 15.7 Å². The molecule has 1 aliphatic rings. The molecule has 0 unspecified atom stereocenters. The zero-order valence-corrected chi connectivity index (χ0v) is 10.6. The van der Waals surface area contributed by atoms with Crippen LogP contribution in [0.15, 0.2) is 30.3 Å². The maximum absolute atomic E-state index is 12.1. The number of piperidine rings is 1. The predicted molar refractivity (Wildman–Crippen MR) is 70.6 cm³/mol. The lowest BCUT2D eigenvalue weighted by Gasteiger charge is -2.24. The molecular weight excluding hydrogens is 244 g/mol. The number of hydrogen-bond acceptors (Lipinski definition) is 3. The minimum atomic E-state index is -1.04. The number of carbonyl (C=O) groups is 2.